The SMILES string of the molecule is CCOC(=O)c1c(NC(=O)CCC(=O)c2ccc(C)cc2)sc(C)c1C. The maximum Gasteiger partial charge on any atom is 0.341 e. The van der Waals surface area contributed by atoms with Crippen LogP contribution in [0.1, 0.15) is 56.5 Å². The molecule has 0 aliphatic rings. The number of nitrogens with one attached hydrogen (secondary N) is 1. The normalized spacial score (nSPS) is 10.5. The number of Topliss-reactive ketones (excluding diaryl/α,β-unsaturated/α-hetero) is 1. The second-order valence-corrected chi connectivity index (χ2v) is 7.27. The van der Waals surface area contributed by atoms with Crippen LogP contribution in [0.25, 0.3) is 0 Å². The van der Waals surface area contributed by atoms with Gasteiger partial charge in [-0.3, -0.25) is 9.59 Å². The zero-order valence-electron chi connectivity index (χ0n) is 15.5. The Morgan fingerprint density at radius 2 is 1.69 bits per heavy atom. The van der Waals surface area contributed by atoms with Gasteiger partial charge in [-0.15, -0.1) is 11.3 Å². The first-order chi connectivity index (χ1) is 12.3. The molecule has 0 saturated heterocycles. The van der Waals surface area contributed by atoms with E-state index >= 15 is 0 Å². The Kier molecular flexibility index (Phi) is 6.69. The molecule has 2 rings (SSSR count). The van der Waals surface area contributed by atoms with Crippen molar-refractivity contribution < 1.29 is 19.1 Å². The van der Waals surface area contributed by atoms with Gasteiger partial charge < -0.3 is 10.1 Å². The molecule has 26 heavy (non-hydrogen) atoms. The molecule has 1 heterocycles. The number of ketones is 1. The zero-order valence-corrected chi connectivity index (χ0v) is 16.3. The molecule has 0 radical (unpaired) electrons. The molecule has 0 aliphatic heterocycles. The minimum atomic E-state index is -0.444. The van der Waals surface area contributed by atoms with E-state index in [0.29, 0.717) is 16.1 Å². The lowest BCUT2D eigenvalue weighted by molar-refractivity contribution is -0.116. The van der Waals surface area contributed by atoms with Gasteiger partial charge in [-0.05, 0) is 33.3 Å². The van der Waals surface area contributed by atoms with Crippen molar-refractivity contribution in [2.45, 2.75) is 40.5 Å². The quantitative estimate of drug-likeness (QED) is 0.575. The molecule has 0 atom stereocenters. The largest absolute Gasteiger partial charge is 0.462 e. The molecule has 0 fully saturated rings. The monoisotopic (exact) mass is 373 g/mol. The van der Waals surface area contributed by atoms with Crippen LogP contribution in [0.4, 0.5) is 5.00 Å². The summed E-state index contributed by atoms with van der Waals surface area (Å²) >= 11 is 1.34. The number of hydrogen-bond donors (Lipinski definition) is 1. The number of carbonyl (C=O) groups is 3. The van der Waals surface area contributed by atoms with Crippen LogP contribution < -0.4 is 5.32 Å². The molecule has 5 nitrogen and oxygen atoms in total. The smallest absolute Gasteiger partial charge is 0.341 e. The molecule has 138 valence electrons. The maximum absolute atomic E-state index is 12.2. The van der Waals surface area contributed by atoms with E-state index in [9.17, 15) is 14.4 Å². The van der Waals surface area contributed by atoms with E-state index in [1.54, 1.807) is 19.1 Å². The summed E-state index contributed by atoms with van der Waals surface area (Å²) < 4.78 is 5.07. The molecular formula is C20H23NO4S. The number of benzene rings is 1. The predicted octanol–water partition coefficient (Wildman–Crippen LogP) is 4.45. The third-order valence-electron chi connectivity index (χ3n) is 4.07. The van der Waals surface area contributed by atoms with Gasteiger partial charge in [0, 0.05) is 23.3 Å². The van der Waals surface area contributed by atoms with Crippen molar-refractivity contribution in [2.75, 3.05) is 11.9 Å². The highest BCUT2D eigenvalue weighted by Gasteiger charge is 2.22. The second kappa shape index (κ2) is 8.76. The van der Waals surface area contributed by atoms with E-state index in [0.717, 1.165) is 16.0 Å². The van der Waals surface area contributed by atoms with Gasteiger partial charge in [-0.2, -0.15) is 0 Å². The lowest BCUT2D eigenvalue weighted by Crippen LogP contribution is -2.15. The highest BCUT2D eigenvalue weighted by molar-refractivity contribution is 7.16. The maximum atomic E-state index is 12.2. The Labute approximate surface area is 157 Å². The number of rotatable bonds is 7. The van der Waals surface area contributed by atoms with Crippen molar-refractivity contribution in [3.05, 3.63) is 51.4 Å². The minimum absolute atomic E-state index is 0.0605. The summed E-state index contributed by atoms with van der Waals surface area (Å²) in [6.07, 6.45) is 0.179. The summed E-state index contributed by atoms with van der Waals surface area (Å²) in [5, 5.41) is 3.23. The van der Waals surface area contributed by atoms with Gasteiger partial charge in [-0.25, -0.2) is 4.79 Å². The number of thiophene rings is 1. The molecule has 0 spiro atoms. The van der Waals surface area contributed by atoms with Crippen LogP contribution in [-0.4, -0.2) is 24.3 Å². The Hall–Kier alpha value is -2.47. The average molecular weight is 373 g/mol. The van der Waals surface area contributed by atoms with Crippen molar-refractivity contribution in [3.63, 3.8) is 0 Å². The summed E-state index contributed by atoms with van der Waals surface area (Å²) in [6.45, 7) is 7.68. The highest BCUT2D eigenvalue weighted by Crippen LogP contribution is 2.33. The molecular weight excluding hydrogens is 350 g/mol. The van der Waals surface area contributed by atoms with Crippen LogP contribution in [0.5, 0.6) is 0 Å². The van der Waals surface area contributed by atoms with Crippen LogP contribution >= 0.6 is 11.3 Å². The molecule has 0 saturated carbocycles. The predicted molar refractivity (Wildman–Crippen MR) is 103 cm³/mol. The average Bonchev–Trinajstić information content (AvgIpc) is 2.87. The van der Waals surface area contributed by atoms with E-state index in [-0.39, 0.29) is 31.1 Å². The Morgan fingerprint density at radius 1 is 1.04 bits per heavy atom. The van der Waals surface area contributed by atoms with E-state index in [2.05, 4.69) is 5.32 Å². The summed E-state index contributed by atoms with van der Waals surface area (Å²) in [7, 11) is 0. The number of aryl methyl sites for hydroxylation is 2. The van der Waals surface area contributed by atoms with Crippen LogP contribution in [0, 0.1) is 20.8 Å². The molecule has 1 N–H and O–H groups in total. The van der Waals surface area contributed by atoms with E-state index in [1.165, 1.54) is 11.3 Å². The van der Waals surface area contributed by atoms with Gasteiger partial charge in [-0.1, -0.05) is 29.8 Å². The van der Waals surface area contributed by atoms with E-state index in [1.807, 2.05) is 32.9 Å². The van der Waals surface area contributed by atoms with Gasteiger partial charge in [0.15, 0.2) is 5.78 Å². The fourth-order valence-electron chi connectivity index (χ4n) is 2.46. The number of carbonyl (C=O) groups excluding carboxylic acids is 3. The number of esters is 1. The lowest BCUT2D eigenvalue weighted by Gasteiger charge is -2.07. The molecule has 1 aromatic heterocycles. The Morgan fingerprint density at radius 3 is 2.31 bits per heavy atom. The molecule has 1 aromatic carbocycles. The Bertz CT molecular complexity index is 821. The summed E-state index contributed by atoms with van der Waals surface area (Å²) in [5.74, 6) is -0.818. The van der Waals surface area contributed by atoms with Crippen LogP contribution in [-0.2, 0) is 9.53 Å². The van der Waals surface area contributed by atoms with Crippen molar-refractivity contribution in [2.24, 2.45) is 0 Å². The van der Waals surface area contributed by atoms with Crippen LogP contribution in [0.15, 0.2) is 24.3 Å². The fraction of sp³-hybridized carbons (Fsp3) is 0.350. The van der Waals surface area contributed by atoms with Gasteiger partial charge >= 0.3 is 5.97 Å². The molecule has 0 unspecified atom stereocenters. The standard InChI is InChI=1S/C20H23NO4S/c1-5-25-20(24)18-13(3)14(4)26-19(18)21-17(23)11-10-16(22)15-8-6-12(2)7-9-15/h6-9H,5,10-11H2,1-4H3,(H,21,23). The Balaban J connectivity index is 2.01. The lowest BCUT2D eigenvalue weighted by atomic mass is 10.0. The topological polar surface area (TPSA) is 72.5 Å². The first-order valence-corrected chi connectivity index (χ1v) is 9.32. The van der Waals surface area contributed by atoms with Crippen LogP contribution in [0.2, 0.25) is 0 Å². The number of ether oxygens (including phenoxy) is 1. The number of amides is 1. The summed E-state index contributed by atoms with van der Waals surface area (Å²) in [4.78, 5) is 37.5. The summed E-state index contributed by atoms with van der Waals surface area (Å²) in [5.41, 5.74) is 2.87. The zero-order chi connectivity index (χ0) is 19.3. The number of anilines is 1. The van der Waals surface area contributed by atoms with E-state index < -0.39 is 5.97 Å². The fourth-order valence-corrected chi connectivity index (χ4v) is 3.53. The summed E-state index contributed by atoms with van der Waals surface area (Å²) in [6, 6.07) is 7.27. The first kappa shape index (κ1) is 19.8. The van der Waals surface area contributed by atoms with Crippen molar-refractivity contribution >= 4 is 34.0 Å². The minimum Gasteiger partial charge on any atom is -0.462 e. The molecule has 6 heteroatoms. The molecule has 1 amide bonds. The van der Waals surface area contributed by atoms with Gasteiger partial charge in [0.1, 0.15) is 5.00 Å². The van der Waals surface area contributed by atoms with Gasteiger partial charge in [0.2, 0.25) is 5.91 Å². The van der Waals surface area contributed by atoms with E-state index in [4.69, 9.17) is 4.74 Å². The third-order valence-corrected chi connectivity index (χ3v) is 5.19. The van der Waals surface area contributed by atoms with Crippen LogP contribution in [0.3, 0.4) is 0 Å². The number of hydrogen-bond acceptors (Lipinski definition) is 5. The van der Waals surface area contributed by atoms with Gasteiger partial charge in [0.25, 0.3) is 0 Å². The second-order valence-electron chi connectivity index (χ2n) is 6.05. The van der Waals surface area contributed by atoms with Crippen molar-refractivity contribution in [1.82, 2.24) is 0 Å². The van der Waals surface area contributed by atoms with Crippen molar-refractivity contribution in [1.29, 1.82) is 0 Å². The molecule has 0 aliphatic carbocycles. The van der Waals surface area contributed by atoms with Crippen molar-refractivity contribution in [3.8, 4) is 0 Å². The molecule has 0 bridgehead atoms. The van der Waals surface area contributed by atoms with Gasteiger partial charge in [0.05, 0.1) is 12.2 Å². The molecule has 2 aromatic rings. The first-order valence-electron chi connectivity index (χ1n) is 8.50. The highest BCUT2D eigenvalue weighted by atomic mass is 32.1. The third kappa shape index (κ3) is 4.79.